The Bertz CT molecular complexity index is 998. The molecule has 0 aliphatic rings. The zero-order chi connectivity index (χ0) is 17.9. The fraction of sp³-hybridized carbons (Fsp3) is 0.118. The molecule has 0 fully saturated rings. The van der Waals surface area contributed by atoms with E-state index in [2.05, 4.69) is 14.8 Å². The number of carbonyl (C=O) groups is 1. The van der Waals surface area contributed by atoms with Crippen molar-refractivity contribution in [3.63, 3.8) is 0 Å². The molecule has 0 amide bonds. The van der Waals surface area contributed by atoms with Gasteiger partial charge in [0.1, 0.15) is 12.7 Å². The van der Waals surface area contributed by atoms with Crippen molar-refractivity contribution in [2.24, 2.45) is 0 Å². The van der Waals surface area contributed by atoms with Crippen LogP contribution in [0.2, 0.25) is 0 Å². The first-order chi connectivity index (χ1) is 12.0. The van der Waals surface area contributed by atoms with Crippen LogP contribution >= 0.6 is 0 Å². The number of hydrogen-bond donors (Lipinski definition) is 1. The number of anilines is 1. The van der Waals surface area contributed by atoms with E-state index in [1.54, 1.807) is 35.3 Å². The normalized spacial score (nSPS) is 11.2. The maximum atomic E-state index is 12.7. The Balaban J connectivity index is 1.91. The summed E-state index contributed by atoms with van der Waals surface area (Å²) in [4.78, 5) is 15.4. The van der Waals surface area contributed by atoms with Crippen LogP contribution in [-0.2, 0) is 16.6 Å². The molecule has 0 aliphatic heterocycles. The Labute approximate surface area is 145 Å². The molecule has 2 aromatic carbocycles. The minimum absolute atomic E-state index is 0.0377. The molecular weight excluding hydrogens is 340 g/mol. The third kappa shape index (κ3) is 3.92. The van der Waals surface area contributed by atoms with Crippen molar-refractivity contribution in [2.75, 3.05) is 4.72 Å². The predicted molar refractivity (Wildman–Crippen MR) is 92.8 cm³/mol. The van der Waals surface area contributed by atoms with Gasteiger partial charge in [0.15, 0.2) is 5.78 Å². The number of nitrogens with one attached hydrogen (secondary N) is 1. The average molecular weight is 356 g/mol. The summed E-state index contributed by atoms with van der Waals surface area (Å²) < 4.78 is 29.5. The highest BCUT2D eigenvalue weighted by atomic mass is 32.2. The highest BCUT2D eigenvalue weighted by molar-refractivity contribution is 7.92. The first-order valence-electron chi connectivity index (χ1n) is 7.50. The van der Waals surface area contributed by atoms with E-state index in [9.17, 15) is 13.2 Å². The molecule has 1 N–H and O–H groups in total. The second kappa shape index (κ2) is 6.86. The zero-order valence-electron chi connectivity index (χ0n) is 13.5. The summed E-state index contributed by atoms with van der Waals surface area (Å²) in [6, 6.07) is 13.0. The second-order valence-electron chi connectivity index (χ2n) is 5.44. The van der Waals surface area contributed by atoms with Gasteiger partial charge in [-0.25, -0.2) is 18.1 Å². The van der Waals surface area contributed by atoms with Crippen LogP contribution in [-0.4, -0.2) is 29.0 Å². The van der Waals surface area contributed by atoms with E-state index >= 15 is 0 Å². The molecule has 1 aromatic heterocycles. The third-order valence-electron chi connectivity index (χ3n) is 3.61. The Kier molecular flexibility index (Phi) is 4.62. The summed E-state index contributed by atoms with van der Waals surface area (Å²) in [5.74, 6) is -0.191. The maximum absolute atomic E-state index is 12.7. The van der Waals surface area contributed by atoms with Gasteiger partial charge in [-0.1, -0.05) is 30.3 Å². The Morgan fingerprint density at radius 2 is 1.96 bits per heavy atom. The van der Waals surface area contributed by atoms with E-state index in [1.165, 1.54) is 25.4 Å². The van der Waals surface area contributed by atoms with Gasteiger partial charge in [-0.05, 0) is 30.7 Å². The maximum Gasteiger partial charge on any atom is 0.261 e. The first-order valence-corrected chi connectivity index (χ1v) is 8.98. The van der Waals surface area contributed by atoms with Crippen LogP contribution in [0.3, 0.4) is 0 Å². The van der Waals surface area contributed by atoms with Crippen molar-refractivity contribution in [3.8, 4) is 0 Å². The molecule has 0 saturated heterocycles. The number of sulfonamides is 1. The summed E-state index contributed by atoms with van der Waals surface area (Å²) in [5.41, 5.74) is 1.55. The minimum atomic E-state index is -3.82. The van der Waals surface area contributed by atoms with Gasteiger partial charge < -0.3 is 0 Å². The fourth-order valence-electron chi connectivity index (χ4n) is 2.33. The third-order valence-corrected chi connectivity index (χ3v) is 4.97. The largest absolute Gasteiger partial charge is 0.295 e. The number of para-hydroxylation sites is 1. The molecule has 3 aromatic rings. The Morgan fingerprint density at radius 3 is 2.68 bits per heavy atom. The van der Waals surface area contributed by atoms with Gasteiger partial charge in [0, 0.05) is 5.56 Å². The molecule has 0 saturated carbocycles. The predicted octanol–water partition coefficient (Wildman–Crippen LogP) is 2.33. The van der Waals surface area contributed by atoms with Gasteiger partial charge >= 0.3 is 0 Å². The number of rotatable bonds is 6. The number of benzene rings is 2. The lowest BCUT2D eigenvalue weighted by Gasteiger charge is -2.13. The Morgan fingerprint density at radius 1 is 1.16 bits per heavy atom. The van der Waals surface area contributed by atoms with E-state index in [0.717, 1.165) is 5.56 Å². The molecular formula is C17H16N4O3S. The van der Waals surface area contributed by atoms with Gasteiger partial charge in [0.2, 0.25) is 0 Å². The van der Waals surface area contributed by atoms with Crippen molar-refractivity contribution < 1.29 is 13.2 Å². The van der Waals surface area contributed by atoms with E-state index in [0.29, 0.717) is 17.8 Å². The van der Waals surface area contributed by atoms with Gasteiger partial charge in [-0.3, -0.25) is 9.52 Å². The van der Waals surface area contributed by atoms with Crippen molar-refractivity contribution in [1.29, 1.82) is 0 Å². The number of aromatic nitrogens is 3. The van der Waals surface area contributed by atoms with Gasteiger partial charge in [0.25, 0.3) is 10.0 Å². The molecule has 0 aliphatic carbocycles. The summed E-state index contributed by atoms with van der Waals surface area (Å²) >= 11 is 0. The van der Waals surface area contributed by atoms with Crippen LogP contribution in [0.4, 0.5) is 5.69 Å². The second-order valence-corrected chi connectivity index (χ2v) is 7.12. The molecule has 25 heavy (non-hydrogen) atoms. The lowest BCUT2D eigenvalue weighted by Crippen LogP contribution is -2.15. The van der Waals surface area contributed by atoms with Gasteiger partial charge in [0.05, 0.1) is 17.1 Å². The topological polar surface area (TPSA) is 94.0 Å². The summed E-state index contributed by atoms with van der Waals surface area (Å²) in [6.45, 7) is 1.78. The molecule has 0 radical (unpaired) electrons. The van der Waals surface area contributed by atoms with Crippen molar-refractivity contribution in [3.05, 3.63) is 72.3 Å². The average Bonchev–Trinajstić information content (AvgIpc) is 3.09. The molecule has 7 nitrogen and oxygen atoms in total. The van der Waals surface area contributed by atoms with Crippen molar-refractivity contribution in [2.45, 2.75) is 18.4 Å². The van der Waals surface area contributed by atoms with E-state index in [1.807, 2.05) is 12.1 Å². The highest BCUT2D eigenvalue weighted by Crippen LogP contribution is 2.21. The lowest BCUT2D eigenvalue weighted by atomic mass is 10.2. The zero-order valence-corrected chi connectivity index (χ0v) is 14.3. The number of hydrogen-bond acceptors (Lipinski definition) is 5. The number of Topliss-reactive ketones (excluding diaryl/α,β-unsaturated/α-hetero) is 1. The highest BCUT2D eigenvalue weighted by Gasteiger charge is 2.17. The lowest BCUT2D eigenvalue weighted by molar-refractivity contribution is 0.101. The van der Waals surface area contributed by atoms with Crippen LogP contribution in [0.15, 0.2) is 66.1 Å². The van der Waals surface area contributed by atoms with Gasteiger partial charge in [-0.15, -0.1) is 0 Å². The molecule has 0 bridgehead atoms. The Hall–Kier alpha value is -3.00. The van der Waals surface area contributed by atoms with Crippen LogP contribution in [0.1, 0.15) is 22.8 Å². The van der Waals surface area contributed by atoms with Crippen LogP contribution in [0, 0.1) is 0 Å². The monoisotopic (exact) mass is 356 g/mol. The summed E-state index contributed by atoms with van der Waals surface area (Å²) in [7, 11) is -3.82. The molecule has 128 valence electrons. The standard InChI is InChI=1S/C17H16N4O3S/c1-13(22)14-6-4-7-16(9-14)25(23,24)20-17-8-3-2-5-15(17)10-21-12-18-11-19-21/h2-9,11-12,20H,10H2,1H3. The number of nitrogens with zero attached hydrogens (tertiary/aromatic N) is 3. The van der Waals surface area contributed by atoms with E-state index in [-0.39, 0.29) is 10.7 Å². The first kappa shape index (κ1) is 16.8. The molecule has 0 spiro atoms. The molecule has 3 rings (SSSR count). The van der Waals surface area contributed by atoms with E-state index in [4.69, 9.17) is 0 Å². The molecule has 0 atom stereocenters. The fourth-order valence-corrected chi connectivity index (χ4v) is 3.48. The van der Waals surface area contributed by atoms with Crippen LogP contribution in [0.25, 0.3) is 0 Å². The summed E-state index contributed by atoms with van der Waals surface area (Å²) in [6.07, 6.45) is 2.97. The van der Waals surface area contributed by atoms with Crippen LogP contribution < -0.4 is 4.72 Å². The number of ketones is 1. The smallest absolute Gasteiger partial charge is 0.261 e. The summed E-state index contributed by atoms with van der Waals surface area (Å²) in [5, 5.41) is 4.03. The molecule has 8 heteroatoms. The van der Waals surface area contributed by atoms with Gasteiger partial charge in [-0.2, -0.15) is 5.10 Å². The quantitative estimate of drug-likeness (QED) is 0.684. The van der Waals surface area contributed by atoms with E-state index < -0.39 is 10.0 Å². The molecule has 1 heterocycles. The molecule has 0 unspecified atom stereocenters. The van der Waals surface area contributed by atoms with Crippen molar-refractivity contribution in [1.82, 2.24) is 14.8 Å². The van der Waals surface area contributed by atoms with Crippen molar-refractivity contribution >= 4 is 21.5 Å². The number of carbonyl (C=O) groups excluding carboxylic acids is 1. The SMILES string of the molecule is CC(=O)c1cccc(S(=O)(=O)Nc2ccccc2Cn2cncn2)c1. The minimum Gasteiger partial charge on any atom is -0.295 e. The van der Waals surface area contributed by atoms with Crippen LogP contribution in [0.5, 0.6) is 0 Å².